The summed E-state index contributed by atoms with van der Waals surface area (Å²) in [6, 6.07) is 1.22. The number of carbonyl (C=O) groups is 1. The number of hydrogen-bond acceptors (Lipinski definition) is 1. The molecular formula is C8H15NOSi. The molecule has 0 N–H and O–H groups in total. The first kappa shape index (κ1) is 10.4. The molecule has 0 bridgehead atoms. The molecule has 0 rings (SSSR count). The largest absolute Gasteiger partial charge is 0.342 e. The third-order valence-corrected chi connectivity index (χ3v) is 2.32. The molecule has 0 heterocycles. The van der Waals surface area contributed by atoms with Crippen molar-refractivity contribution in [3.8, 4) is 0 Å². The van der Waals surface area contributed by atoms with Crippen molar-refractivity contribution in [1.82, 2.24) is 4.90 Å². The maximum absolute atomic E-state index is 10.9. The highest BCUT2D eigenvalue weighted by Gasteiger charge is 2.01. The standard InChI is InChI=1S/C8H15NOSi/c1-4-8(10)9(2)6-5-7-11-3/h4H,1,5-7H2,2-3H3. The van der Waals surface area contributed by atoms with E-state index in [0.717, 1.165) is 22.5 Å². The summed E-state index contributed by atoms with van der Waals surface area (Å²) >= 11 is 0. The van der Waals surface area contributed by atoms with Gasteiger partial charge in [-0.2, -0.15) is 0 Å². The third-order valence-electron chi connectivity index (χ3n) is 1.47. The van der Waals surface area contributed by atoms with Crippen molar-refractivity contribution in [3.05, 3.63) is 12.7 Å². The predicted molar refractivity (Wildman–Crippen MR) is 48.9 cm³/mol. The van der Waals surface area contributed by atoms with E-state index in [1.165, 1.54) is 12.1 Å². The Kier molecular flexibility index (Phi) is 5.84. The first-order chi connectivity index (χ1) is 5.22. The maximum Gasteiger partial charge on any atom is 0.245 e. The fraction of sp³-hybridized carbons (Fsp3) is 0.625. The van der Waals surface area contributed by atoms with E-state index in [-0.39, 0.29) is 5.91 Å². The maximum atomic E-state index is 10.9. The summed E-state index contributed by atoms with van der Waals surface area (Å²) in [5.74, 6) is 0.0180. The van der Waals surface area contributed by atoms with Crippen molar-refractivity contribution >= 4 is 15.4 Å². The molecule has 1 amide bonds. The summed E-state index contributed by atoms with van der Waals surface area (Å²) in [5, 5.41) is 0. The van der Waals surface area contributed by atoms with Crippen LogP contribution in [0.4, 0.5) is 0 Å². The Morgan fingerprint density at radius 3 is 2.82 bits per heavy atom. The van der Waals surface area contributed by atoms with Gasteiger partial charge in [-0.15, -0.1) is 0 Å². The first-order valence-corrected chi connectivity index (χ1v) is 5.45. The van der Waals surface area contributed by atoms with Crippen LogP contribution in [0.2, 0.25) is 12.6 Å². The fourth-order valence-corrected chi connectivity index (χ4v) is 1.27. The Balaban J connectivity index is 3.43. The van der Waals surface area contributed by atoms with E-state index in [9.17, 15) is 4.79 Å². The van der Waals surface area contributed by atoms with Crippen molar-refractivity contribution in [2.24, 2.45) is 0 Å². The summed E-state index contributed by atoms with van der Waals surface area (Å²) in [6.07, 6.45) is 2.46. The van der Waals surface area contributed by atoms with E-state index < -0.39 is 0 Å². The average Bonchev–Trinajstić information content (AvgIpc) is 2.03. The van der Waals surface area contributed by atoms with Gasteiger partial charge in [-0.05, 0) is 12.5 Å². The van der Waals surface area contributed by atoms with Crippen molar-refractivity contribution in [3.63, 3.8) is 0 Å². The lowest BCUT2D eigenvalue weighted by Gasteiger charge is -2.13. The summed E-state index contributed by atoms with van der Waals surface area (Å²) in [7, 11) is 2.80. The van der Waals surface area contributed by atoms with E-state index in [4.69, 9.17) is 0 Å². The SMILES string of the molecule is C=CC(=O)N(C)CCC[Si]C. The van der Waals surface area contributed by atoms with Crippen LogP contribution in [0.5, 0.6) is 0 Å². The Morgan fingerprint density at radius 1 is 1.73 bits per heavy atom. The second-order valence-electron chi connectivity index (χ2n) is 2.42. The zero-order valence-corrected chi connectivity index (χ0v) is 8.26. The van der Waals surface area contributed by atoms with Crippen LogP contribution >= 0.6 is 0 Å². The molecule has 0 atom stereocenters. The zero-order valence-electron chi connectivity index (χ0n) is 7.26. The number of hydrogen-bond donors (Lipinski definition) is 0. The van der Waals surface area contributed by atoms with Gasteiger partial charge in [-0.25, -0.2) is 0 Å². The van der Waals surface area contributed by atoms with Crippen molar-refractivity contribution in [2.75, 3.05) is 13.6 Å². The third kappa shape index (κ3) is 4.78. The topological polar surface area (TPSA) is 20.3 Å². The van der Waals surface area contributed by atoms with Gasteiger partial charge in [0.25, 0.3) is 0 Å². The normalized spacial score (nSPS) is 9.27. The summed E-state index contributed by atoms with van der Waals surface area (Å²) in [5.41, 5.74) is 0. The molecule has 0 spiro atoms. The molecule has 2 radical (unpaired) electrons. The van der Waals surface area contributed by atoms with Crippen LogP contribution in [0.1, 0.15) is 6.42 Å². The quantitative estimate of drug-likeness (QED) is 0.344. The minimum atomic E-state index is 0.0180. The molecule has 3 heteroatoms. The molecule has 11 heavy (non-hydrogen) atoms. The highest BCUT2D eigenvalue weighted by atomic mass is 28.2. The van der Waals surface area contributed by atoms with Crippen LogP contribution in [0.25, 0.3) is 0 Å². The molecular weight excluding hydrogens is 154 g/mol. The number of amides is 1. The van der Waals surface area contributed by atoms with Crippen LogP contribution in [0.3, 0.4) is 0 Å². The van der Waals surface area contributed by atoms with E-state index in [2.05, 4.69) is 13.1 Å². The zero-order chi connectivity index (χ0) is 8.69. The molecule has 2 nitrogen and oxygen atoms in total. The Morgan fingerprint density at radius 2 is 2.36 bits per heavy atom. The molecule has 0 saturated carbocycles. The molecule has 0 aliphatic carbocycles. The molecule has 0 aromatic heterocycles. The number of nitrogens with zero attached hydrogens (tertiary/aromatic N) is 1. The van der Waals surface area contributed by atoms with Crippen molar-refractivity contribution < 1.29 is 4.79 Å². The summed E-state index contributed by atoms with van der Waals surface area (Å²) in [6.45, 7) is 6.45. The van der Waals surface area contributed by atoms with E-state index in [1.807, 2.05) is 7.05 Å². The second kappa shape index (κ2) is 6.16. The van der Waals surface area contributed by atoms with Crippen LogP contribution < -0.4 is 0 Å². The van der Waals surface area contributed by atoms with Crippen LogP contribution in [-0.2, 0) is 4.79 Å². The number of rotatable bonds is 5. The number of carbonyl (C=O) groups excluding carboxylic acids is 1. The van der Waals surface area contributed by atoms with Crippen LogP contribution in [0, 0.1) is 0 Å². The van der Waals surface area contributed by atoms with Gasteiger partial charge in [0.15, 0.2) is 0 Å². The lowest BCUT2D eigenvalue weighted by Crippen LogP contribution is -2.25. The molecule has 62 valence electrons. The molecule has 0 aliphatic rings. The van der Waals surface area contributed by atoms with Gasteiger partial charge >= 0.3 is 0 Å². The van der Waals surface area contributed by atoms with Gasteiger partial charge in [-0.3, -0.25) is 4.79 Å². The predicted octanol–water partition coefficient (Wildman–Crippen LogP) is 1.19. The highest BCUT2D eigenvalue weighted by molar-refractivity contribution is 6.33. The fourth-order valence-electron chi connectivity index (χ4n) is 0.759. The minimum Gasteiger partial charge on any atom is -0.342 e. The molecule has 0 aromatic carbocycles. The van der Waals surface area contributed by atoms with E-state index in [1.54, 1.807) is 4.90 Å². The minimum absolute atomic E-state index is 0.0180. The van der Waals surface area contributed by atoms with E-state index >= 15 is 0 Å². The lowest BCUT2D eigenvalue weighted by atomic mass is 10.4. The smallest absolute Gasteiger partial charge is 0.245 e. The highest BCUT2D eigenvalue weighted by Crippen LogP contribution is 1.93. The first-order valence-electron chi connectivity index (χ1n) is 3.74. The Hall–Kier alpha value is -0.573. The van der Waals surface area contributed by atoms with Crippen molar-refractivity contribution in [2.45, 2.75) is 19.0 Å². The van der Waals surface area contributed by atoms with Gasteiger partial charge in [0.1, 0.15) is 0 Å². The average molecular weight is 169 g/mol. The van der Waals surface area contributed by atoms with Gasteiger partial charge in [0, 0.05) is 23.1 Å². The van der Waals surface area contributed by atoms with E-state index in [0.29, 0.717) is 0 Å². The molecule has 0 fully saturated rings. The van der Waals surface area contributed by atoms with Gasteiger partial charge in [0.05, 0.1) is 0 Å². The Labute approximate surface area is 71.1 Å². The van der Waals surface area contributed by atoms with Gasteiger partial charge < -0.3 is 4.90 Å². The summed E-state index contributed by atoms with van der Waals surface area (Å²) < 4.78 is 0. The second-order valence-corrected chi connectivity index (χ2v) is 3.63. The number of likely N-dealkylation sites (N-methyl/N-ethyl adjacent to an activating group) is 1. The van der Waals surface area contributed by atoms with Crippen molar-refractivity contribution in [1.29, 1.82) is 0 Å². The summed E-state index contributed by atoms with van der Waals surface area (Å²) in [4.78, 5) is 12.6. The Bertz CT molecular complexity index is 136. The molecule has 0 saturated heterocycles. The monoisotopic (exact) mass is 169 g/mol. The van der Waals surface area contributed by atoms with Crippen LogP contribution in [-0.4, -0.2) is 33.9 Å². The molecule has 0 unspecified atom stereocenters. The molecule has 0 aliphatic heterocycles. The van der Waals surface area contributed by atoms with Crippen LogP contribution in [0.15, 0.2) is 12.7 Å². The van der Waals surface area contributed by atoms with Gasteiger partial charge in [-0.1, -0.05) is 19.2 Å². The molecule has 0 aromatic rings. The lowest BCUT2D eigenvalue weighted by molar-refractivity contribution is -0.124. The van der Waals surface area contributed by atoms with Gasteiger partial charge in [0.2, 0.25) is 5.91 Å².